The maximum Gasteiger partial charge on any atom is 0.150 e. The van der Waals surface area contributed by atoms with Crippen molar-refractivity contribution in [2.75, 3.05) is 18.5 Å². The predicted molar refractivity (Wildman–Crippen MR) is 61.4 cm³/mol. The number of hydrogen-bond acceptors (Lipinski definition) is 4. The van der Waals surface area contributed by atoms with E-state index >= 15 is 0 Å². The fraction of sp³-hybridized carbons (Fsp3) is 0.444. The fourth-order valence-electron chi connectivity index (χ4n) is 0.988. The lowest BCUT2D eigenvalue weighted by Crippen LogP contribution is -2.24. The first-order valence-corrected chi connectivity index (χ1v) is 4.80. The summed E-state index contributed by atoms with van der Waals surface area (Å²) in [6, 6.07) is 3.86. The summed E-state index contributed by atoms with van der Waals surface area (Å²) in [5, 5.41) is 8.02. The molecular weight excluding hydrogens is 196 g/mol. The molecule has 0 aliphatic heterocycles. The van der Waals surface area contributed by atoms with E-state index in [0.29, 0.717) is 11.4 Å². The van der Waals surface area contributed by atoms with Crippen molar-refractivity contribution >= 4 is 23.0 Å². The van der Waals surface area contributed by atoms with Crippen LogP contribution in [-0.2, 0) is 0 Å². The summed E-state index contributed by atoms with van der Waals surface area (Å²) in [5.41, 5.74) is 6.33. The molecule has 0 aliphatic rings. The summed E-state index contributed by atoms with van der Waals surface area (Å²) >= 11 is 4.80. The monoisotopic (exact) mass is 210 g/mol. The Labute approximate surface area is 89.1 Å². The molecule has 0 radical (unpaired) electrons. The highest BCUT2D eigenvalue weighted by molar-refractivity contribution is 7.80. The Hall–Kier alpha value is -1.23. The number of thiocarbonyl (C=S) groups is 1. The summed E-state index contributed by atoms with van der Waals surface area (Å²) in [7, 11) is 1.94. The molecule has 0 fully saturated rings. The fourth-order valence-corrected chi connectivity index (χ4v) is 1.08. The molecular formula is C9H14N4S. The molecule has 0 saturated carbocycles. The van der Waals surface area contributed by atoms with Crippen LogP contribution in [0.4, 0.5) is 5.82 Å². The van der Waals surface area contributed by atoms with Crippen LogP contribution in [0.2, 0.25) is 0 Å². The summed E-state index contributed by atoms with van der Waals surface area (Å²) in [6.45, 7) is 2.68. The third kappa shape index (κ3) is 3.26. The molecule has 76 valence electrons. The van der Waals surface area contributed by atoms with Gasteiger partial charge in [0.15, 0.2) is 5.82 Å². The number of aromatic nitrogens is 2. The van der Waals surface area contributed by atoms with Crippen molar-refractivity contribution in [3.8, 4) is 0 Å². The Morgan fingerprint density at radius 3 is 2.71 bits per heavy atom. The number of nitrogens with zero attached hydrogens (tertiary/aromatic N) is 3. The molecule has 0 saturated heterocycles. The molecule has 2 N–H and O–H groups in total. The van der Waals surface area contributed by atoms with E-state index in [9.17, 15) is 0 Å². The zero-order chi connectivity index (χ0) is 10.6. The van der Waals surface area contributed by atoms with Crippen molar-refractivity contribution in [3.63, 3.8) is 0 Å². The van der Waals surface area contributed by atoms with E-state index in [1.165, 1.54) is 0 Å². The minimum atomic E-state index is 0.525. The van der Waals surface area contributed by atoms with Crippen molar-refractivity contribution in [2.24, 2.45) is 5.73 Å². The van der Waals surface area contributed by atoms with Crippen LogP contribution in [0, 0.1) is 6.92 Å². The Balaban J connectivity index is 2.56. The first kappa shape index (κ1) is 10.8. The maximum absolute atomic E-state index is 5.41. The summed E-state index contributed by atoms with van der Waals surface area (Å²) in [4.78, 5) is 2.50. The molecule has 1 aromatic rings. The van der Waals surface area contributed by atoms with Gasteiger partial charge in [-0.05, 0) is 19.1 Å². The van der Waals surface area contributed by atoms with Crippen LogP contribution in [0.1, 0.15) is 12.1 Å². The highest BCUT2D eigenvalue weighted by Crippen LogP contribution is 2.06. The minimum absolute atomic E-state index is 0.525. The van der Waals surface area contributed by atoms with Crippen LogP contribution < -0.4 is 10.6 Å². The zero-order valence-electron chi connectivity index (χ0n) is 8.40. The van der Waals surface area contributed by atoms with Crippen LogP contribution in [-0.4, -0.2) is 28.8 Å². The van der Waals surface area contributed by atoms with E-state index < -0.39 is 0 Å². The number of nitrogens with two attached hydrogens (primary N) is 1. The maximum atomic E-state index is 5.41. The molecule has 0 aliphatic carbocycles. The molecule has 1 heterocycles. The molecule has 0 aromatic carbocycles. The number of aryl methyl sites for hydroxylation is 1. The second kappa shape index (κ2) is 4.85. The van der Waals surface area contributed by atoms with E-state index in [2.05, 4.69) is 10.2 Å². The first-order chi connectivity index (χ1) is 6.59. The van der Waals surface area contributed by atoms with E-state index in [1.807, 2.05) is 31.0 Å². The SMILES string of the molecule is Cc1ccc(N(C)CCC(N)=S)nn1. The standard InChI is InChI=1S/C9H14N4S/c1-7-3-4-9(12-11-7)13(2)6-5-8(10)14/h3-4H,5-6H2,1-2H3,(H2,10,14). The van der Waals surface area contributed by atoms with Gasteiger partial charge in [-0.2, -0.15) is 5.10 Å². The number of anilines is 1. The number of rotatable bonds is 4. The molecule has 0 bridgehead atoms. The van der Waals surface area contributed by atoms with Gasteiger partial charge in [0.25, 0.3) is 0 Å². The minimum Gasteiger partial charge on any atom is -0.393 e. The lowest BCUT2D eigenvalue weighted by molar-refractivity contribution is 0.859. The van der Waals surface area contributed by atoms with Crippen molar-refractivity contribution in [1.82, 2.24) is 10.2 Å². The Kier molecular flexibility index (Phi) is 3.76. The highest BCUT2D eigenvalue weighted by Gasteiger charge is 2.02. The van der Waals surface area contributed by atoms with Gasteiger partial charge in [-0.15, -0.1) is 5.10 Å². The van der Waals surface area contributed by atoms with E-state index in [0.717, 1.165) is 18.1 Å². The normalized spacial score (nSPS) is 9.86. The van der Waals surface area contributed by atoms with Gasteiger partial charge >= 0.3 is 0 Å². The predicted octanol–water partition coefficient (Wildman–Crippen LogP) is 0.897. The lowest BCUT2D eigenvalue weighted by atomic mass is 10.3. The zero-order valence-corrected chi connectivity index (χ0v) is 9.21. The van der Waals surface area contributed by atoms with Gasteiger partial charge < -0.3 is 10.6 Å². The Morgan fingerprint density at radius 2 is 2.21 bits per heavy atom. The molecule has 1 aromatic heterocycles. The first-order valence-electron chi connectivity index (χ1n) is 4.39. The third-order valence-corrected chi connectivity index (χ3v) is 2.07. The molecule has 0 spiro atoms. The lowest BCUT2D eigenvalue weighted by Gasteiger charge is -2.16. The van der Waals surface area contributed by atoms with Crippen molar-refractivity contribution in [3.05, 3.63) is 17.8 Å². The van der Waals surface area contributed by atoms with Crippen LogP contribution in [0.3, 0.4) is 0 Å². The van der Waals surface area contributed by atoms with Crippen LogP contribution in [0.5, 0.6) is 0 Å². The molecule has 0 amide bonds. The summed E-state index contributed by atoms with van der Waals surface area (Å²) in [5.74, 6) is 0.840. The largest absolute Gasteiger partial charge is 0.393 e. The molecule has 4 nitrogen and oxygen atoms in total. The van der Waals surface area contributed by atoms with Gasteiger partial charge in [0.2, 0.25) is 0 Å². The van der Waals surface area contributed by atoms with E-state index in [1.54, 1.807) is 0 Å². The second-order valence-electron chi connectivity index (χ2n) is 3.17. The van der Waals surface area contributed by atoms with Crippen LogP contribution >= 0.6 is 12.2 Å². The smallest absolute Gasteiger partial charge is 0.150 e. The summed E-state index contributed by atoms with van der Waals surface area (Å²) in [6.07, 6.45) is 0.696. The average Bonchev–Trinajstić information content (AvgIpc) is 2.15. The van der Waals surface area contributed by atoms with Crippen molar-refractivity contribution in [1.29, 1.82) is 0 Å². The quantitative estimate of drug-likeness (QED) is 0.748. The third-order valence-electron chi connectivity index (χ3n) is 1.87. The topological polar surface area (TPSA) is 55.0 Å². The summed E-state index contributed by atoms with van der Waals surface area (Å²) < 4.78 is 0. The van der Waals surface area contributed by atoms with Crippen LogP contribution in [0.25, 0.3) is 0 Å². The van der Waals surface area contributed by atoms with Gasteiger partial charge in [-0.25, -0.2) is 0 Å². The average molecular weight is 210 g/mol. The van der Waals surface area contributed by atoms with Gasteiger partial charge in [-0.3, -0.25) is 0 Å². The van der Waals surface area contributed by atoms with Crippen LogP contribution in [0.15, 0.2) is 12.1 Å². The van der Waals surface area contributed by atoms with Gasteiger partial charge in [-0.1, -0.05) is 12.2 Å². The van der Waals surface area contributed by atoms with Gasteiger partial charge in [0.1, 0.15) is 0 Å². The van der Waals surface area contributed by atoms with Crippen molar-refractivity contribution < 1.29 is 0 Å². The molecule has 0 unspecified atom stereocenters. The van der Waals surface area contributed by atoms with E-state index in [4.69, 9.17) is 18.0 Å². The molecule has 0 atom stereocenters. The van der Waals surface area contributed by atoms with Gasteiger partial charge in [0, 0.05) is 20.0 Å². The Morgan fingerprint density at radius 1 is 1.50 bits per heavy atom. The van der Waals surface area contributed by atoms with Gasteiger partial charge in [0.05, 0.1) is 10.7 Å². The molecule has 14 heavy (non-hydrogen) atoms. The highest BCUT2D eigenvalue weighted by atomic mass is 32.1. The molecule has 1 rings (SSSR count). The molecule has 5 heteroatoms. The van der Waals surface area contributed by atoms with E-state index in [-0.39, 0.29) is 0 Å². The Bertz CT molecular complexity index is 309. The van der Waals surface area contributed by atoms with Crippen molar-refractivity contribution in [2.45, 2.75) is 13.3 Å². The second-order valence-corrected chi connectivity index (χ2v) is 3.70. The number of hydrogen-bond donors (Lipinski definition) is 1.